The van der Waals surface area contributed by atoms with Gasteiger partial charge >= 0.3 is 5.97 Å². The van der Waals surface area contributed by atoms with Crippen molar-refractivity contribution in [3.8, 4) is 5.75 Å². The number of halogens is 2. The summed E-state index contributed by atoms with van der Waals surface area (Å²) in [5.74, 6) is -2.86. The fraction of sp³-hybridized carbons (Fsp3) is 0.533. The summed E-state index contributed by atoms with van der Waals surface area (Å²) >= 11 is 0. The molecule has 1 unspecified atom stereocenters. The van der Waals surface area contributed by atoms with Crippen LogP contribution in [0.15, 0.2) is 12.1 Å². The highest BCUT2D eigenvalue weighted by atomic mass is 19.1. The van der Waals surface area contributed by atoms with Crippen LogP contribution >= 0.6 is 0 Å². The van der Waals surface area contributed by atoms with Crippen molar-refractivity contribution in [3.63, 3.8) is 0 Å². The zero-order chi connectivity index (χ0) is 15.8. The summed E-state index contributed by atoms with van der Waals surface area (Å²) in [6, 6.07) is 2.33. The third kappa shape index (κ3) is 4.97. The molecule has 6 heteroatoms. The lowest BCUT2D eigenvalue weighted by Gasteiger charge is -2.18. The van der Waals surface area contributed by atoms with Crippen LogP contribution in [0.2, 0.25) is 0 Å². The number of benzene rings is 1. The maximum atomic E-state index is 13.9. The first-order valence-corrected chi connectivity index (χ1v) is 7.04. The Kier molecular flexibility index (Phi) is 7.08. The maximum absolute atomic E-state index is 13.9. The molecule has 0 saturated carbocycles. The molecule has 0 fully saturated rings. The van der Waals surface area contributed by atoms with E-state index < -0.39 is 29.5 Å². The number of esters is 1. The van der Waals surface area contributed by atoms with E-state index in [0.717, 1.165) is 0 Å². The van der Waals surface area contributed by atoms with Crippen LogP contribution in [0.3, 0.4) is 0 Å². The number of nitrogens with two attached hydrogens (primary N) is 1. The van der Waals surface area contributed by atoms with E-state index in [0.29, 0.717) is 31.4 Å². The summed E-state index contributed by atoms with van der Waals surface area (Å²) in [5.41, 5.74) is 5.80. The van der Waals surface area contributed by atoms with Crippen LogP contribution in [0.25, 0.3) is 0 Å². The van der Waals surface area contributed by atoms with E-state index in [1.54, 1.807) is 6.92 Å². The van der Waals surface area contributed by atoms with E-state index in [1.165, 1.54) is 12.1 Å². The van der Waals surface area contributed by atoms with Gasteiger partial charge in [-0.3, -0.25) is 0 Å². The van der Waals surface area contributed by atoms with Crippen molar-refractivity contribution in [2.75, 3.05) is 13.2 Å². The molecule has 0 aliphatic rings. The van der Waals surface area contributed by atoms with E-state index in [4.69, 9.17) is 15.2 Å². The zero-order valence-corrected chi connectivity index (χ0v) is 12.3. The van der Waals surface area contributed by atoms with Gasteiger partial charge in [0.2, 0.25) is 0 Å². The molecule has 2 N–H and O–H groups in total. The molecule has 118 valence electrons. The molecular weight excluding hydrogens is 280 g/mol. The molecule has 4 nitrogen and oxygen atoms in total. The van der Waals surface area contributed by atoms with Gasteiger partial charge in [0.1, 0.15) is 0 Å². The van der Waals surface area contributed by atoms with Crippen molar-refractivity contribution >= 4 is 5.97 Å². The second kappa shape index (κ2) is 8.56. The maximum Gasteiger partial charge on any atom is 0.347 e. The van der Waals surface area contributed by atoms with Gasteiger partial charge in [-0.05, 0) is 44.0 Å². The van der Waals surface area contributed by atoms with E-state index in [-0.39, 0.29) is 6.61 Å². The topological polar surface area (TPSA) is 61.5 Å². The quantitative estimate of drug-likeness (QED) is 0.750. The Balaban J connectivity index is 2.95. The fourth-order valence-corrected chi connectivity index (χ4v) is 1.90. The van der Waals surface area contributed by atoms with Gasteiger partial charge in [-0.15, -0.1) is 0 Å². The third-order valence-electron chi connectivity index (χ3n) is 2.85. The summed E-state index contributed by atoms with van der Waals surface area (Å²) in [4.78, 5) is 11.7. The second-order valence-corrected chi connectivity index (χ2v) is 4.57. The summed E-state index contributed by atoms with van der Waals surface area (Å²) in [6.07, 6.45) is 0.296. The monoisotopic (exact) mass is 301 g/mol. The molecular formula is C15H21F2NO3. The second-order valence-electron chi connectivity index (χ2n) is 4.57. The molecule has 0 aliphatic heterocycles. The summed E-state index contributed by atoms with van der Waals surface area (Å²) in [7, 11) is 0. The summed E-state index contributed by atoms with van der Waals surface area (Å²) in [6.45, 7) is 3.97. The standard InChI is InChI=1S/C15H21F2NO3/c1-3-5-13(15(19)20-4-2)21-14-11(16)8-10(6-7-18)9-12(14)17/h8-9,13H,3-7,18H2,1-2H3. The first-order valence-electron chi connectivity index (χ1n) is 7.04. The lowest BCUT2D eigenvalue weighted by molar-refractivity contribution is -0.151. The predicted molar refractivity (Wildman–Crippen MR) is 75.1 cm³/mol. The van der Waals surface area contributed by atoms with Crippen LogP contribution in [0.5, 0.6) is 5.75 Å². The predicted octanol–water partition coefficient (Wildman–Crippen LogP) is 2.58. The van der Waals surface area contributed by atoms with Gasteiger partial charge in [0.05, 0.1) is 6.61 Å². The zero-order valence-electron chi connectivity index (χ0n) is 12.3. The molecule has 1 rings (SSSR count). The minimum Gasteiger partial charge on any atom is -0.473 e. The SMILES string of the molecule is CCCC(Oc1c(F)cc(CCN)cc1F)C(=O)OCC. The van der Waals surface area contributed by atoms with E-state index >= 15 is 0 Å². The molecule has 1 atom stereocenters. The molecule has 0 saturated heterocycles. The Bertz CT molecular complexity index is 457. The number of hydrogen-bond donors (Lipinski definition) is 1. The Morgan fingerprint density at radius 3 is 2.38 bits per heavy atom. The molecule has 0 heterocycles. The van der Waals surface area contributed by atoms with Crippen molar-refractivity contribution in [1.82, 2.24) is 0 Å². The highest BCUT2D eigenvalue weighted by Crippen LogP contribution is 2.25. The lowest BCUT2D eigenvalue weighted by atomic mass is 10.1. The van der Waals surface area contributed by atoms with E-state index in [2.05, 4.69) is 0 Å². The van der Waals surface area contributed by atoms with Crippen LogP contribution in [0.4, 0.5) is 8.78 Å². The Hall–Kier alpha value is -1.69. The molecule has 1 aromatic carbocycles. The summed E-state index contributed by atoms with van der Waals surface area (Å²) in [5, 5.41) is 0. The number of carbonyl (C=O) groups excluding carboxylic acids is 1. The van der Waals surface area contributed by atoms with Crippen LogP contribution in [-0.2, 0) is 16.0 Å². The lowest BCUT2D eigenvalue weighted by Crippen LogP contribution is -2.30. The number of carbonyl (C=O) groups is 1. The molecule has 1 aromatic rings. The average Bonchev–Trinajstić information content (AvgIpc) is 2.42. The molecule has 0 radical (unpaired) electrons. The van der Waals surface area contributed by atoms with Crippen molar-refractivity contribution < 1.29 is 23.0 Å². The van der Waals surface area contributed by atoms with Crippen LogP contribution in [-0.4, -0.2) is 25.2 Å². The van der Waals surface area contributed by atoms with E-state index in [9.17, 15) is 13.6 Å². The molecule has 0 amide bonds. The number of hydrogen-bond acceptors (Lipinski definition) is 4. The van der Waals surface area contributed by atoms with Crippen molar-refractivity contribution in [1.29, 1.82) is 0 Å². The van der Waals surface area contributed by atoms with Gasteiger partial charge < -0.3 is 15.2 Å². The highest BCUT2D eigenvalue weighted by Gasteiger charge is 2.24. The number of rotatable bonds is 8. The minimum absolute atomic E-state index is 0.183. The van der Waals surface area contributed by atoms with Gasteiger partial charge in [0.25, 0.3) is 0 Å². The molecule has 0 bridgehead atoms. The first-order chi connectivity index (χ1) is 10.0. The van der Waals surface area contributed by atoms with Gasteiger partial charge in [0.15, 0.2) is 23.5 Å². The third-order valence-corrected chi connectivity index (χ3v) is 2.85. The first kappa shape index (κ1) is 17.4. The summed E-state index contributed by atoms with van der Waals surface area (Å²) < 4.78 is 37.9. The smallest absolute Gasteiger partial charge is 0.347 e. The van der Waals surface area contributed by atoms with E-state index in [1.807, 2.05) is 6.92 Å². The van der Waals surface area contributed by atoms with Gasteiger partial charge in [-0.25, -0.2) is 13.6 Å². The minimum atomic E-state index is -1.01. The van der Waals surface area contributed by atoms with Gasteiger partial charge in [0, 0.05) is 0 Å². The van der Waals surface area contributed by atoms with Crippen molar-refractivity contribution in [2.45, 2.75) is 39.2 Å². The normalized spacial score (nSPS) is 12.0. The molecule has 0 aromatic heterocycles. The van der Waals surface area contributed by atoms with Crippen LogP contribution < -0.4 is 10.5 Å². The Labute approximate surface area is 123 Å². The molecule has 0 spiro atoms. The average molecular weight is 301 g/mol. The Morgan fingerprint density at radius 2 is 1.90 bits per heavy atom. The fourth-order valence-electron chi connectivity index (χ4n) is 1.90. The van der Waals surface area contributed by atoms with Crippen molar-refractivity contribution in [2.24, 2.45) is 5.73 Å². The largest absolute Gasteiger partial charge is 0.473 e. The van der Waals surface area contributed by atoms with Crippen LogP contribution in [0, 0.1) is 11.6 Å². The van der Waals surface area contributed by atoms with Gasteiger partial charge in [-0.2, -0.15) is 0 Å². The highest BCUT2D eigenvalue weighted by molar-refractivity contribution is 5.75. The van der Waals surface area contributed by atoms with Crippen LogP contribution in [0.1, 0.15) is 32.3 Å². The molecule has 0 aliphatic carbocycles. The Morgan fingerprint density at radius 1 is 1.29 bits per heavy atom. The number of ether oxygens (including phenoxy) is 2. The molecule has 21 heavy (non-hydrogen) atoms. The van der Waals surface area contributed by atoms with Crippen molar-refractivity contribution in [3.05, 3.63) is 29.3 Å². The van der Waals surface area contributed by atoms with Gasteiger partial charge in [-0.1, -0.05) is 13.3 Å².